The Hall–Kier alpha value is -2.56. The fourth-order valence-corrected chi connectivity index (χ4v) is 2.32. The van der Waals surface area contributed by atoms with E-state index in [0.29, 0.717) is 17.9 Å². The molecule has 3 N–H and O–H groups in total. The lowest BCUT2D eigenvalue weighted by Gasteiger charge is -2.26. The maximum absolute atomic E-state index is 12.6. The van der Waals surface area contributed by atoms with E-state index in [2.05, 4.69) is 10.3 Å². The molecule has 5 nitrogen and oxygen atoms in total. The number of nitrogen functional groups attached to an aromatic ring is 1. The molecule has 0 saturated heterocycles. The van der Waals surface area contributed by atoms with E-state index in [-0.39, 0.29) is 11.6 Å². The molecule has 0 radical (unpaired) electrons. The minimum absolute atomic E-state index is 0.143. The van der Waals surface area contributed by atoms with Crippen LogP contribution in [0.3, 0.4) is 0 Å². The van der Waals surface area contributed by atoms with Crippen LogP contribution in [0.1, 0.15) is 15.9 Å². The summed E-state index contributed by atoms with van der Waals surface area (Å²) in [5.74, 6) is 0.782. The quantitative estimate of drug-likeness (QED) is 0.816. The molecule has 0 aliphatic carbocycles. The summed E-state index contributed by atoms with van der Waals surface area (Å²) in [6.07, 6.45) is 1.01. The minimum Gasteiger partial charge on any atom is -0.478 e. The van der Waals surface area contributed by atoms with Crippen LogP contribution < -0.4 is 15.8 Å². The molecule has 102 valence electrons. The molecule has 1 aromatic heterocycles. The van der Waals surface area contributed by atoms with Crippen LogP contribution in [0.25, 0.3) is 0 Å². The van der Waals surface area contributed by atoms with E-state index in [1.165, 1.54) is 0 Å². The average Bonchev–Trinajstić information content (AvgIpc) is 2.46. The lowest BCUT2D eigenvalue weighted by atomic mass is 10.0. The van der Waals surface area contributed by atoms with Gasteiger partial charge in [-0.25, -0.2) is 4.98 Å². The van der Waals surface area contributed by atoms with Crippen molar-refractivity contribution in [1.29, 1.82) is 0 Å². The second kappa shape index (κ2) is 4.85. The Bertz CT molecular complexity index is 650. The molecule has 0 saturated carbocycles. The van der Waals surface area contributed by atoms with E-state index in [1.807, 2.05) is 31.2 Å². The Kier molecular flexibility index (Phi) is 3.02. The summed E-state index contributed by atoms with van der Waals surface area (Å²) >= 11 is 0. The van der Waals surface area contributed by atoms with Crippen LogP contribution in [0.4, 0.5) is 11.5 Å². The van der Waals surface area contributed by atoms with Crippen LogP contribution in [-0.2, 0) is 0 Å². The number of Topliss-reactive ketones (excluding diaryl/α,β-unsaturated/α-hetero) is 1. The van der Waals surface area contributed by atoms with Crippen molar-refractivity contribution >= 4 is 17.3 Å². The molecule has 1 unspecified atom stereocenters. The van der Waals surface area contributed by atoms with Gasteiger partial charge < -0.3 is 15.8 Å². The number of nitrogens with zero attached hydrogens (tertiary/aromatic N) is 1. The fourth-order valence-electron chi connectivity index (χ4n) is 2.32. The second-order valence-corrected chi connectivity index (χ2v) is 4.74. The van der Waals surface area contributed by atoms with Crippen LogP contribution in [0.15, 0.2) is 36.5 Å². The van der Waals surface area contributed by atoms with Crippen LogP contribution >= 0.6 is 0 Å². The van der Waals surface area contributed by atoms with Crippen molar-refractivity contribution in [3.05, 3.63) is 47.7 Å². The van der Waals surface area contributed by atoms with Gasteiger partial charge in [-0.2, -0.15) is 0 Å². The highest BCUT2D eigenvalue weighted by Gasteiger charge is 2.29. The normalized spacial score (nSPS) is 16.8. The molecule has 1 aliphatic rings. The Morgan fingerprint density at radius 1 is 1.40 bits per heavy atom. The number of carbonyl (C=O) groups is 1. The monoisotopic (exact) mass is 269 g/mol. The molecule has 0 spiro atoms. The molecular formula is C15H15N3O2. The summed E-state index contributed by atoms with van der Waals surface area (Å²) in [7, 11) is 0. The lowest BCUT2D eigenvalue weighted by Crippen LogP contribution is -2.38. The van der Waals surface area contributed by atoms with Gasteiger partial charge in [0.05, 0.1) is 17.8 Å². The van der Waals surface area contributed by atoms with Gasteiger partial charge in [-0.05, 0) is 30.7 Å². The minimum atomic E-state index is -0.588. The number of carbonyl (C=O) groups excluding carboxylic acids is 1. The first kappa shape index (κ1) is 12.5. The van der Waals surface area contributed by atoms with Gasteiger partial charge in [-0.3, -0.25) is 4.79 Å². The van der Waals surface area contributed by atoms with Gasteiger partial charge in [0.2, 0.25) is 5.78 Å². The van der Waals surface area contributed by atoms with Gasteiger partial charge in [0.1, 0.15) is 11.6 Å². The highest BCUT2D eigenvalue weighted by atomic mass is 16.5. The molecule has 1 atom stereocenters. The molecular weight excluding hydrogens is 254 g/mol. The Balaban J connectivity index is 1.90. The molecule has 0 amide bonds. The molecule has 5 heteroatoms. The van der Waals surface area contributed by atoms with E-state index < -0.39 is 6.10 Å². The Morgan fingerprint density at radius 3 is 3.00 bits per heavy atom. The van der Waals surface area contributed by atoms with Crippen LogP contribution in [0.2, 0.25) is 0 Å². The first-order chi connectivity index (χ1) is 9.66. The summed E-state index contributed by atoms with van der Waals surface area (Å²) in [6.45, 7) is 2.26. The van der Waals surface area contributed by atoms with Gasteiger partial charge in [0, 0.05) is 6.20 Å². The number of ether oxygens (including phenoxy) is 1. The molecule has 0 fully saturated rings. The predicted octanol–water partition coefficient (Wildman–Crippen LogP) is 2.03. The fraction of sp³-hybridized carbons (Fsp3) is 0.200. The van der Waals surface area contributed by atoms with E-state index in [1.54, 1.807) is 12.3 Å². The SMILES string of the molecule is Cc1ccnc(N)c1C(=O)C1CNc2ccccc2O1. The summed E-state index contributed by atoms with van der Waals surface area (Å²) in [4.78, 5) is 16.5. The average molecular weight is 269 g/mol. The highest BCUT2D eigenvalue weighted by Crippen LogP contribution is 2.29. The smallest absolute Gasteiger partial charge is 0.209 e. The topological polar surface area (TPSA) is 77.2 Å². The number of para-hydroxylation sites is 2. The number of fused-ring (bicyclic) bond motifs is 1. The van der Waals surface area contributed by atoms with Crippen molar-refractivity contribution in [2.24, 2.45) is 0 Å². The number of rotatable bonds is 2. The number of hydrogen-bond acceptors (Lipinski definition) is 5. The van der Waals surface area contributed by atoms with Crippen LogP contribution in [-0.4, -0.2) is 23.4 Å². The zero-order chi connectivity index (χ0) is 14.1. The van der Waals surface area contributed by atoms with Crippen molar-refractivity contribution < 1.29 is 9.53 Å². The van der Waals surface area contributed by atoms with Crippen molar-refractivity contribution in [1.82, 2.24) is 4.98 Å². The predicted molar refractivity (Wildman–Crippen MR) is 77.1 cm³/mol. The lowest BCUT2D eigenvalue weighted by molar-refractivity contribution is 0.0801. The maximum Gasteiger partial charge on any atom is 0.209 e. The number of aromatic nitrogens is 1. The Morgan fingerprint density at radius 2 is 2.20 bits per heavy atom. The van der Waals surface area contributed by atoms with E-state index >= 15 is 0 Å². The first-order valence-corrected chi connectivity index (χ1v) is 6.41. The van der Waals surface area contributed by atoms with Crippen molar-refractivity contribution in [2.75, 3.05) is 17.6 Å². The zero-order valence-electron chi connectivity index (χ0n) is 11.1. The molecule has 20 heavy (non-hydrogen) atoms. The summed E-state index contributed by atoms with van der Waals surface area (Å²) < 4.78 is 5.76. The van der Waals surface area contributed by atoms with Crippen molar-refractivity contribution in [2.45, 2.75) is 13.0 Å². The number of anilines is 2. The van der Waals surface area contributed by atoms with Crippen LogP contribution in [0.5, 0.6) is 5.75 Å². The molecule has 2 heterocycles. The molecule has 2 aromatic rings. The summed E-state index contributed by atoms with van der Waals surface area (Å²) in [6, 6.07) is 9.31. The number of nitrogens with one attached hydrogen (secondary N) is 1. The van der Waals surface area contributed by atoms with E-state index in [0.717, 1.165) is 11.3 Å². The largest absolute Gasteiger partial charge is 0.478 e. The zero-order valence-corrected chi connectivity index (χ0v) is 11.1. The number of aryl methyl sites for hydroxylation is 1. The summed E-state index contributed by atoms with van der Waals surface area (Å²) in [5, 5.41) is 3.20. The van der Waals surface area contributed by atoms with Gasteiger partial charge in [-0.1, -0.05) is 12.1 Å². The third-order valence-corrected chi connectivity index (χ3v) is 3.36. The molecule has 1 aliphatic heterocycles. The molecule has 0 bridgehead atoms. The number of pyridine rings is 1. The van der Waals surface area contributed by atoms with Gasteiger partial charge in [0.15, 0.2) is 6.10 Å². The van der Waals surface area contributed by atoms with E-state index in [9.17, 15) is 4.79 Å². The third-order valence-electron chi connectivity index (χ3n) is 3.36. The van der Waals surface area contributed by atoms with E-state index in [4.69, 9.17) is 10.5 Å². The summed E-state index contributed by atoms with van der Waals surface area (Å²) in [5.41, 5.74) is 7.96. The van der Waals surface area contributed by atoms with Crippen molar-refractivity contribution in [3.63, 3.8) is 0 Å². The molecule has 1 aromatic carbocycles. The first-order valence-electron chi connectivity index (χ1n) is 6.41. The number of ketones is 1. The standard InChI is InChI=1S/C15H15N3O2/c1-9-6-7-17-15(16)13(9)14(19)12-8-18-10-4-2-3-5-11(10)20-12/h2-7,12,18H,8H2,1H3,(H2,16,17). The van der Waals surface area contributed by atoms with Crippen molar-refractivity contribution in [3.8, 4) is 5.75 Å². The second-order valence-electron chi connectivity index (χ2n) is 4.74. The highest BCUT2D eigenvalue weighted by molar-refractivity contribution is 6.05. The Labute approximate surface area is 116 Å². The molecule has 3 rings (SSSR count). The maximum atomic E-state index is 12.6. The number of hydrogen-bond donors (Lipinski definition) is 2. The number of benzene rings is 1. The van der Waals surface area contributed by atoms with Gasteiger partial charge in [0.25, 0.3) is 0 Å². The third kappa shape index (κ3) is 2.07. The number of nitrogens with two attached hydrogens (primary N) is 1. The van der Waals surface area contributed by atoms with Gasteiger partial charge >= 0.3 is 0 Å². The van der Waals surface area contributed by atoms with Gasteiger partial charge in [-0.15, -0.1) is 0 Å². The van der Waals surface area contributed by atoms with Crippen LogP contribution in [0, 0.1) is 6.92 Å².